The Kier molecular flexibility index (Phi) is 6.48. The Hall–Kier alpha value is -2.37. The standard InChI is InChI=1S/C21H28N2O4/c24-18-11-6-12-23(18)14-17-10-5-4-9-16(17)13-22-20(25)19(21(26)27)15-7-2-1-3-8-15/h4-5,9-10,15,19H,1-3,6-8,11-14H2,(H,22,25)(H,26,27)/t19-/m1/s1. The van der Waals surface area contributed by atoms with Gasteiger partial charge in [-0.25, -0.2) is 0 Å². The molecule has 0 aromatic heterocycles. The first-order valence-electron chi connectivity index (χ1n) is 9.91. The number of benzene rings is 1. The van der Waals surface area contributed by atoms with Gasteiger partial charge in [-0.1, -0.05) is 43.5 Å². The van der Waals surface area contributed by atoms with Crippen molar-refractivity contribution < 1.29 is 19.5 Å². The molecule has 1 saturated heterocycles. The van der Waals surface area contributed by atoms with Gasteiger partial charge in [0.25, 0.3) is 0 Å². The lowest BCUT2D eigenvalue weighted by Gasteiger charge is -2.26. The number of carboxylic acid groups (broad SMARTS) is 1. The summed E-state index contributed by atoms with van der Waals surface area (Å²) >= 11 is 0. The van der Waals surface area contributed by atoms with Crippen molar-refractivity contribution in [1.82, 2.24) is 10.2 Å². The maximum atomic E-state index is 12.6. The van der Waals surface area contributed by atoms with Crippen LogP contribution in [0, 0.1) is 11.8 Å². The third-order valence-corrected chi connectivity index (χ3v) is 5.77. The summed E-state index contributed by atoms with van der Waals surface area (Å²) in [5.74, 6) is -2.32. The SMILES string of the molecule is O=C(O)[C@@H](C(=O)NCc1ccccc1CN1CCCC1=O)C1CCCCC1. The molecule has 0 bridgehead atoms. The molecule has 2 amide bonds. The van der Waals surface area contributed by atoms with Gasteiger partial charge < -0.3 is 15.3 Å². The van der Waals surface area contributed by atoms with Crippen LogP contribution >= 0.6 is 0 Å². The van der Waals surface area contributed by atoms with Crippen LogP contribution in [0.1, 0.15) is 56.1 Å². The molecule has 6 nitrogen and oxygen atoms in total. The van der Waals surface area contributed by atoms with E-state index >= 15 is 0 Å². The van der Waals surface area contributed by atoms with Gasteiger partial charge in [-0.3, -0.25) is 14.4 Å². The predicted octanol–water partition coefficient (Wildman–Crippen LogP) is 2.71. The summed E-state index contributed by atoms with van der Waals surface area (Å²) in [6.45, 7) is 1.59. The molecular weight excluding hydrogens is 344 g/mol. The molecule has 1 aromatic rings. The van der Waals surface area contributed by atoms with E-state index in [9.17, 15) is 19.5 Å². The third kappa shape index (κ3) is 4.87. The minimum absolute atomic E-state index is 0.0753. The number of nitrogens with zero attached hydrogens (tertiary/aromatic N) is 1. The van der Waals surface area contributed by atoms with Gasteiger partial charge in [0.05, 0.1) is 0 Å². The fourth-order valence-electron chi connectivity index (χ4n) is 4.25. The average Bonchev–Trinajstić information content (AvgIpc) is 3.06. The van der Waals surface area contributed by atoms with E-state index in [2.05, 4.69) is 5.32 Å². The Morgan fingerprint density at radius 3 is 2.44 bits per heavy atom. The van der Waals surface area contributed by atoms with Crippen LogP contribution in [0.5, 0.6) is 0 Å². The molecule has 27 heavy (non-hydrogen) atoms. The van der Waals surface area contributed by atoms with Crippen molar-refractivity contribution >= 4 is 17.8 Å². The molecule has 2 N–H and O–H groups in total. The van der Waals surface area contributed by atoms with Crippen molar-refractivity contribution in [2.24, 2.45) is 11.8 Å². The Labute approximate surface area is 159 Å². The van der Waals surface area contributed by atoms with Crippen molar-refractivity contribution in [2.45, 2.75) is 58.0 Å². The van der Waals surface area contributed by atoms with Crippen molar-refractivity contribution in [2.75, 3.05) is 6.54 Å². The molecular formula is C21H28N2O4. The topological polar surface area (TPSA) is 86.7 Å². The van der Waals surface area contributed by atoms with Gasteiger partial charge in [-0.2, -0.15) is 0 Å². The van der Waals surface area contributed by atoms with E-state index < -0.39 is 17.8 Å². The molecule has 0 radical (unpaired) electrons. The molecule has 0 unspecified atom stereocenters. The largest absolute Gasteiger partial charge is 0.481 e. The molecule has 2 aliphatic rings. The van der Waals surface area contributed by atoms with E-state index in [0.29, 0.717) is 13.0 Å². The monoisotopic (exact) mass is 372 g/mol. The number of nitrogens with one attached hydrogen (secondary N) is 1. The van der Waals surface area contributed by atoms with Gasteiger partial charge in [0.2, 0.25) is 11.8 Å². The van der Waals surface area contributed by atoms with Gasteiger partial charge in [-0.05, 0) is 36.3 Å². The van der Waals surface area contributed by atoms with E-state index in [4.69, 9.17) is 0 Å². The maximum absolute atomic E-state index is 12.6. The number of amides is 2. The lowest BCUT2D eigenvalue weighted by molar-refractivity contribution is -0.150. The van der Waals surface area contributed by atoms with E-state index in [-0.39, 0.29) is 18.4 Å². The quantitative estimate of drug-likeness (QED) is 0.721. The molecule has 1 atom stereocenters. The smallest absolute Gasteiger partial charge is 0.316 e. The zero-order chi connectivity index (χ0) is 19.2. The second-order valence-electron chi connectivity index (χ2n) is 7.62. The highest BCUT2D eigenvalue weighted by Crippen LogP contribution is 2.30. The van der Waals surface area contributed by atoms with Crippen molar-refractivity contribution in [1.29, 1.82) is 0 Å². The second kappa shape index (κ2) is 9.02. The van der Waals surface area contributed by atoms with Crippen LogP contribution in [0.15, 0.2) is 24.3 Å². The number of carbonyl (C=O) groups is 3. The zero-order valence-electron chi connectivity index (χ0n) is 15.7. The first kappa shape index (κ1) is 19.4. The summed E-state index contributed by atoms with van der Waals surface area (Å²) in [5, 5.41) is 12.4. The molecule has 0 spiro atoms. The first-order chi connectivity index (χ1) is 13.1. The van der Waals surface area contributed by atoms with Gasteiger partial charge in [0.1, 0.15) is 5.92 Å². The Morgan fingerprint density at radius 1 is 1.11 bits per heavy atom. The predicted molar refractivity (Wildman–Crippen MR) is 101 cm³/mol. The molecule has 1 saturated carbocycles. The van der Waals surface area contributed by atoms with Crippen LogP contribution < -0.4 is 5.32 Å². The summed E-state index contributed by atoms with van der Waals surface area (Å²) in [4.78, 5) is 38.0. The molecule has 1 aliphatic carbocycles. The maximum Gasteiger partial charge on any atom is 0.316 e. The average molecular weight is 372 g/mol. The summed E-state index contributed by atoms with van der Waals surface area (Å²) in [5.41, 5.74) is 1.93. The molecule has 146 valence electrons. The highest BCUT2D eigenvalue weighted by molar-refractivity contribution is 5.97. The molecule has 1 aromatic carbocycles. The number of carbonyl (C=O) groups excluding carboxylic acids is 2. The minimum atomic E-state index is -1.03. The molecule has 3 rings (SSSR count). The number of hydrogen-bond acceptors (Lipinski definition) is 3. The zero-order valence-corrected chi connectivity index (χ0v) is 15.7. The van der Waals surface area contributed by atoms with Gasteiger partial charge in [0.15, 0.2) is 0 Å². The number of carboxylic acids is 1. The van der Waals surface area contributed by atoms with Crippen LogP contribution in [0.2, 0.25) is 0 Å². The summed E-state index contributed by atoms with van der Waals surface area (Å²) < 4.78 is 0. The highest BCUT2D eigenvalue weighted by Gasteiger charge is 2.35. The fraction of sp³-hybridized carbons (Fsp3) is 0.571. The van der Waals surface area contributed by atoms with E-state index in [1.54, 1.807) is 0 Å². The lowest BCUT2D eigenvalue weighted by atomic mass is 9.79. The van der Waals surface area contributed by atoms with Gasteiger partial charge >= 0.3 is 5.97 Å². The van der Waals surface area contributed by atoms with Gasteiger partial charge in [-0.15, -0.1) is 0 Å². The fourth-order valence-corrected chi connectivity index (χ4v) is 4.25. The van der Waals surface area contributed by atoms with Crippen molar-refractivity contribution in [3.63, 3.8) is 0 Å². The number of rotatable bonds is 7. The van der Waals surface area contributed by atoms with Crippen LogP contribution in [-0.4, -0.2) is 34.3 Å². The number of likely N-dealkylation sites (tertiary alicyclic amines) is 1. The number of hydrogen-bond donors (Lipinski definition) is 2. The lowest BCUT2D eigenvalue weighted by Crippen LogP contribution is -2.40. The summed E-state index contributed by atoms with van der Waals surface area (Å²) in [7, 11) is 0. The van der Waals surface area contributed by atoms with Crippen molar-refractivity contribution in [3.8, 4) is 0 Å². The Balaban J connectivity index is 1.63. The van der Waals surface area contributed by atoms with Crippen molar-refractivity contribution in [3.05, 3.63) is 35.4 Å². The summed E-state index contributed by atoms with van der Waals surface area (Å²) in [6.07, 6.45) is 6.20. The molecule has 2 fully saturated rings. The van der Waals surface area contributed by atoms with E-state index in [1.807, 2.05) is 29.2 Å². The Bertz CT molecular complexity index is 697. The Morgan fingerprint density at radius 2 is 1.81 bits per heavy atom. The van der Waals surface area contributed by atoms with E-state index in [0.717, 1.165) is 56.2 Å². The third-order valence-electron chi connectivity index (χ3n) is 5.77. The second-order valence-corrected chi connectivity index (χ2v) is 7.62. The highest BCUT2D eigenvalue weighted by atomic mass is 16.4. The first-order valence-corrected chi connectivity index (χ1v) is 9.91. The number of aliphatic carboxylic acids is 1. The molecule has 1 heterocycles. The molecule has 6 heteroatoms. The molecule has 1 aliphatic heterocycles. The minimum Gasteiger partial charge on any atom is -0.481 e. The van der Waals surface area contributed by atoms with E-state index in [1.165, 1.54) is 0 Å². The van der Waals surface area contributed by atoms with Crippen LogP contribution in [-0.2, 0) is 27.5 Å². The van der Waals surface area contributed by atoms with Crippen LogP contribution in [0.4, 0.5) is 0 Å². The normalized spacial score (nSPS) is 19.1. The van der Waals surface area contributed by atoms with Gasteiger partial charge in [0, 0.05) is 26.1 Å². The van der Waals surface area contributed by atoms with Crippen LogP contribution in [0.25, 0.3) is 0 Å². The van der Waals surface area contributed by atoms with Crippen LogP contribution in [0.3, 0.4) is 0 Å². The summed E-state index contributed by atoms with van der Waals surface area (Å²) in [6, 6.07) is 7.70.